The summed E-state index contributed by atoms with van der Waals surface area (Å²) in [7, 11) is 1.80. The smallest absolute Gasteiger partial charge is 0.269 e. The van der Waals surface area contributed by atoms with E-state index in [1.807, 2.05) is 25.3 Å². The molecule has 0 spiro atoms. The highest BCUT2D eigenvalue weighted by atomic mass is 16.2. The lowest BCUT2D eigenvalue weighted by Gasteiger charge is -2.32. The molecular formula is C17H23N5O. The minimum absolute atomic E-state index is 0.0289. The fraction of sp³-hybridized carbons (Fsp3) is 0.471. The number of carbonyl (C=O) groups is 1. The van der Waals surface area contributed by atoms with Gasteiger partial charge in [-0.3, -0.25) is 19.4 Å². The summed E-state index contributed by atoms with van der Waals surface area (Å²) < 4.78 is 1.64. The quantitative estimate of drug-likeness (QED) is 0.929. The molecule has 0 unspecified atom stereocenters. The molecule has 1 fully saturated rings. The van der Waals surface area contributed by atoms with Crippen molar-refractivity contribution in [2.24, 2.45) is 7.05 Å². The molecular weight excluding hydrogens is 290 g/mol. The van der Waals surface area contributed by atoms with Crippen LogP contribution >= 0.6 is 0 Å². The maximum absolute atomic E-state index is 12.3. The van der Waals surface area contributed by atoms with E-state index in [0.29, 0.717) is 5.69 Å². The molecule has 0 aromatic carbocycles. The summed E-state index contributed by atoms with van der Waals surface area (Å²) in [5.74, 6) is -0.0289. The standard InChI is InChI=1S/C17H23N5O/c1-13-10-16(21(2)20-13)17(23)19-15-5-8-22(9-6-15)12-14-4-3-7-18-11-14/h3-4,7,10-11,15H,5-6,8-9,12H2,1-2H3,(H,19,23). The van der Waals surface area contributed by atoms with E-state index in [-0.39, 0.29) is 11.9 Å². The summed E-state index contributed by atoms with van der Waals surface area (Å²) in [6.45, 7) is 4.80. The van der Waals surface area contributed by atoms with Crippen molar-refractivity contribution in [2.75, 3.05) is 13.1 Å². The number of pyridine rings is 1. The molecule has 0 bridgehead atoms. The van der Waals surface area contributed by atoms with Gasteiger partial charge in [-0.1, -0.05) is 6.07 Å². The molecule has 6 heteroatoms. The van der Waals surface area contributed by atoms with Crippen LogP contribution in [-0.4, -0.2) is 44.7 Å². The largest absolute Gasteiger partial charge is 0.348 e. The van der Waals surface area contributed by atoms with Crippen LogP contribution in [0.4, 0.5) is 0 Å². The summed E-state index contributed by atoms with van der Waals surface area (Å²) in [6, 6.07) is 6.14. The number of likely N-dealkylation sites (tertiary alicyclic amines) is 1. The van der Waals surface area contributed by atoms with Crippen LogP contribution in [0, 0.1) is 6.92 Å². The minimum Gasteiger partial charge on any atom is -0.348 e. The number of amides is 1. The van der Waals surface area contributed by atoms with Crippen LogP contribution in [0.1, 0.15) is 34.6 Å². The number of aromatic nitrogens is 3. The Kier molecular flexibility index (Phi) is 4.71. The number of rotatable bonds is 4. The van der Waals surface area contributed by atoms with Gasteiger partial charge >= 0.3 is 0 Å². The van der Waals surface area contributed by atoms with Crippen molar-refractivity contribution < 1.29 is 4.79 Å². The number of piperidine rings is 1. The van der Waals surface area contributed by atoms with Crippen LogP contribution in [0.15, 0.2) is 30.6 Å². The van der Waals surface area contributed by atoms with Gasteiger partial charge in [0.2, 0.25) is 0 Å². The van der Waals surface area contributed by atoms with Gasteiger partial charge in [-0.2, -0.15) is 5.10 Å². The Morgan fingerprint density at radius 3 is 2.78 bits per heavy atom. The van der Waals surface area contributed by atoms with E-state index in [1.165, 1.54) is 5.56 Å². The minimum atomic E-state index is -0.0289. The van der Waals surface area contributed by atoms with Crippen molar-refractivity contribution in [2.45, 2.75) is 32.4 Å². The van der Waals surface area contributed by atoms with E-state index in [4.69, 9.17) is 0 Å². The van der Waals surface area contributed by atoms with Crippen molar-refractivity contribution in [3.05, 3.63) is 47.5 Å². The summed E-state index contributed by atoms with van der Waals surface area (Å²) in [5.41, 5.74) is 2.73. The van der Waals surface area contributed by atoms with Gasteiger partial charge in [0.1, 0.15) is 5.69 Å². The Morgan fingerprint density at radius 1 is 1.39 bits per heavy atom. The van der Waals surface area contributed by atoms with Crippen LogP contribution in [0.2, 0.25) is 0 Å². The van der Waals surface area contributed by atoms with E-state index >= 15 is 0 Å². The van der Waals surface area contributed by atoms with Crippen LogP contribution in [0.5, 0.6) is 0 Å². The summed E-state index contributed by atoms with van der Waals surface area (Å²) in [4.78, 5) is 18.9. The third-order valence-corrected chi connectivity index (χ3v) is 4.29. The van der Waals surface area contributed by atoms with Crippen molar-refractivity contribution in [1.82, 2.24) is 25.0 Å². The molecule has 1 N–H and O–H groups in total. The molecule has 1 amide bonds. The van der Waals surface area contributed by atoms with Gasteiger partial charge in [-0.05, 0) is 37.5 Å². The Morgan fingerprint density at radius 2 is 2.17 bits per heavy atom. The predicted octanol–water partition coefficient (Wildman–Crippen LogP) is 1.52. The summed E-state index contributed by atoms with van der Waals surface area (Å²) in [5, 5.41) is 7.36. The third kappa shape index (κ3) is 3.96. The van der Waals surface area contributed by atoms with Crippen molar-refractivity contribution in [1.29, 1.82) is 0 Å². The first kappa shape index (κ1) is 15.7. The Labute approximate surface area is 136 Å². The molecule has 3 heterocycles. The maximum Gasteiger partial charge on any atom is 0.269 e. The Bertz CT molecular complexity index is 659. The van der Waals surface area contributed by atoms with Gasteiger partial charge in [0.25, 0.3) is 5.91 Å². The second kappa shape index (κ2) is 6.91. The molecule has 1 aliphatic rings. The Balaban J connectivity index is 1.49. The van der Waals surface area contributed by atoms with Crippen molar-refractivity contribution >= 4 is 5.91 Å². The number of hydrogen-bond donors (Lipinski definition) is 1. The molecule has 122 valence electrons. The molecule has 6 nitrogen and oxygen atoms in total. The summed E-state index contributed by atoms with van der Waals surface area (Å²) in [6.07, 6.45) is 5.66. The number of nitrogens with one attached hydrogen (secondary N) is 1. The molecule has 0 atom stereocenters. The van der Waals surface area contributed by atoms with Gasteiger partial charge < -0.3 is 5.32 Å². The third-order valence-electron chi connectivity index (χ3n) is 4.29. The Hall–Kier alpha value is -2.21. The van der Waals surface area contributed by atoms with Gasteiger partial charge in [-0.25, -0.2) is 0 Å². The maximum atomic E-state index is 12.3. The zero-order valence-corrected chi connectivity index (χ0v) is 13.7. The molecule has 3 rings (SSSR count). The molecule has 0 aliphatic carbocycles. The lowest BCUT2D eigenvalue weighted by Crippen LogP contribution is -2.44. The highest BCUT2D eigenvalue weighted by Crippen LogP contribution is 2.14. The first-order valence-electron chi connectivity index (χ1n) is 8.04. The number of hydrogen-bond acceptors (Lipinski definition) is 4. The topological polar surface area (TPSA) is 63.1 Å². The highest BCUT2D eigenvalue weighted by molar-refractivity contribution is 5.92. The lowest BCUT2D eigenvalue weighted by atomic mass is 10.0. The van der Waals surface area contributed by atoms with Crippen LogP contribution in [-0.2, 0) is 13.6 Å². The lowest BCUT2D eigenvalue weighted by molar-refractivity contribution is 0.0899. The van der Waals surface area contributed by atoms with Crippen LogP contribution in [0.3, 0.4) is 0 Å². The zero-order valence-electron chi connectivity index (χ0n) is 13.7. The molecule has 0 radical (unpaired) electrons. The van der Waals surface area contributed by atoms with E-state index in [1.54, 1.807) is 17.9 Å². The fourth-order valence-corrected chi connectivity index (χ4v) is 3.07. The molecule has 2 aromatic rings. The summed E-state index contributed by atoms with van der Waals surface area (Å²) >= 11 is 0. The molecule has 23 heavy (non-hydrogen) atoms. The van der Waals surface area contributed by atoms with Gasteiger partial charge in [0, 0.05) is 45.1 Å². The van der Waals surface area contributed by atoms with E-state index in [0.717, 1.165) is 38.2 Å². The molecule has 2 aromatic heterocycles. The fourth-order valence-electron chi connectivity index (χ4n) is 3.07. The van der Waals surface area contributed by atoms with Gasteiger partial charge in [0.05, 0.1) is 5.69 Å². The zero-order chi connectivity index (χ0) is 16.2. The monoisotopic (exact) mass is 313 g/mol. The number of aryl methyl sites for hydroxylation is 2. The van der Waals surface area contributed by atoms with E-state index in [2.05, 4.69) is 26.4 Å². The highest BCUT2D eigenvalue weighted by Gasteiger charge is 2.22. The van der Waals surface area contributed by atoms with E-state index < -0.39 is 0 Å². The predicted molar refractivity (Wildman–Crippen MR) is 87.9 cm³/mol. The SMILES string of the molecule is Cc1cc(C(=O)NC2CCN(Cc3cccnc3)CC2)n(C)n1. The van der Waals surface area contributed by atoms with Crippen molar-refractivity contribution in [3.63, 3.8) is 0 Å². The van der Waals surface area contributed by atoms with Gasteiger partial charge in [-0.15, -0.1) is 0 Å². The van der Waals surface area contributed by atoms with Crippen LogP contribution in [0.25, 0.3) is 0 Å². The first-order valence-corrected chi connectivity index (χ1v) is 8.04. The molecule has 1 aliphatic heterocycles. The van der Waals surface area contributed by atoms with Crippen molar-refractivity contribution in [3.8, 4) is 0 Å². The number of nitrogens with zero attached hydrogens (tertiary/aromatic N) is 4. The number of carbonyl (C=O) groups excluding carboxylic acids is 1. The average molecular weight is 313 g/mol. The molecule has 0 saturated carbocycles. The van der Waals surface area contributed by atoms with E-state index in [9.17, 15) is 4.79 Å². The second-order valence-electron chi connectivity index (χ2n) is 6.18. The average Bonchev–Trinajstić information content (AvgIpc) is 2.89. The molecule has 1 saturated heterocycles. The first-order chi connectivity index (χ1) is 11.1. The second-order valence-corrected chi connectivity index (χ2v) is 6.18. The van der Waals surface area contributed by atoms with Crippen LogP contribution < -0.4 is 5.32 Å². The van der Waals surface area contributed by atoms with Gasteiger partial charge in [0.15, 0.2) is 0 Å². The normalized spacial score (nSPS) is 16.4.